The molecule has 0 aromatic heterocycles. The van der Waals surface area contributed by atoms with Gasteiger partial charge in [-0.05, 0) is 19.3 Å². The van der Waals surface area contributed by atoms with Crippen LogP contribution >= 0.6 is 0 Å². The molecule has 0 rings (SSSR count). The Morgan fingerprint density at radius 2 is 2.07 bits per heavy atom. The van der Waals surface area contributed by atoms with Gasteiger partial charge in [0.05, 0.1) is 6.61 Å². The summed E-state index contributed by atoms with van der Waals surface area (Å²) in [6.45, 7) is 4.70. The number of hydrogen-bond acceptors (Lipinski definition) is 4. The fraction of sp³-hybridized carbons (Fsp3) is 0.700. The molecule has 0 spiro atoms. The lowest BCUT2D eigenvalue weighted by molar-refractivity contribution is 0.0685. The Kier molecular flexibility index (Phi) is 8.77. The van der Waals surface area contributed by atoms with E-state index in [1.54, 1.807) is 6.92 Å². The minimum atomic E-state index is -0.699. The van der Waals surface area contributed by atoms with Gasteiger partial charge in [-0.25, -0.2) is 4.79 Å². The summed E-state index contributed by atoms with van der Waals surface area (Å²) in [7, 11) is 0. The molecule has 0 fully saturated rings. The lowest BCUT2D eigenvalue weighted by atomic mass is 10.4. The van der Waals surface area contributed by atoms with Crippen LogP contribution in [0.4, 0.5) is 4.79 Å². The first-order chi connectivity index (χ1) is 6.81. The molecule has 0 heterocycles. The van der Waals surface area contributed by atoms with E-state index in [0.717, 1.165) is 12.8 Å². The van der Waals surface area contributed by atoms with Gasteiger partial charge in [-0.3, -0.25) is 0 Å². The number of hydrogen-bond donors (Lipinski definition) is 0. The molecular weight excluding hydrogens is 184 g/mol. The Balaban J connectivity index is 3.29. The monoisotopic (exact) mass is 200 g/mol. The summed E-state index contributed by atoms with van der Waals surface area (Å²) in [5.74, 6) is 2.54. The molecule has 0 unspecified atom stereocenters. The lowest BCUT2D eigenvalue weighted by Crippen LogP contribution is -2.06. The number of rotatable bonds is 5. The first-order valence-corrected chi connectivity index (χ1v) is 4.70. The van der Waals surface area contributed by atoms with Gasteiger partial charge in [0.1, 0.15) is 12.7 Å². The van der Waals surface area contributed by atoms with Gasteiger partial charge in [0.25, 0.3) is 0 Å². The largest absolute Gasteiger partial charge is 0.509 e. The first-order valence-electron chi connectivity index (χ1n) is 4.70. The second-order valence-electron chi connectivity index (χ2n) is 2.45. The third-order valence-corrected chi connectivity index (χ3v) is 1.27. The van der Waals surface area contributed by atoms with E-state index in [0.29, 0.717) is 13.2 Å². The normalized spacial score (nSPS) is 8.43. The second kappa shape index (κ2) is 9.72. The van der Waals surface area contributed by atoms with Gasteiger partial charge in [0.15, 0.2) is 6.61 Å². The van der Waals surface area contributed by atoms with Gasteiger partial charge in [-0.1, -0.05) is 13.3 Å². The molecule has 0 aliphatic heterocycles. The minimum Gasteiger partial charge on any atom is -0.447 e. The highest BCUT2D eigenvalue weighted by Gasteiger charge is 1.97. The molecule has 0 saturated heterocycles. The van der Waals surface area contributed by atoms with Gasteiger partial charge >= 0.3 is 6.16 Å². The summed E-state index contributed by atoms with van der Waals surface area (Å²) in [5, 5.41) is 0. The van der Waals surface area contributed by atoms with Gasteiger partial charge in [-0.15, -0.1) is 0 Å². The van der Waals surface area contributed by atoms with E-state index in [1.165, 1.54) is 0 Å². The molecule has 0 saturated carbocycles. The van der Waals surface area contributed by atoms with E-state index in [4.69, 9.17) is 4.74 Å². The Morgan fingerprint density at radius 1 is 1.29 bits per heavy atom. The van der Waals surface area contributed by atoms with Crippen molar-refractivity contribution in [2.75, 3.05) is 19.8 Å². The van der Waals surface area contributed by atoms with Crippen molar-refractivity contribution in [2.45, 2.75) is 26.7 Å². The number of unbranched alkanes of at least 4 members (excludes halogenated alkanes) is 1. The Bertz CT molecular complexity index is 202. The summed E-state index contributed by atoms with van der Waals surface area (Å²) in [5.41, 5.74) is 0. The van der Waals surface area contributed by atoms with Crippen LogP contribution in [0.15, 0.2) is 0 Å². The molecule has 0 aliphatic rings. The van der Waals surface area contributed by atoms with E-state index < -0.39 is 6.16 Å². The fourth-order valence-corrected chi connectivity index (χ4v) is 0.603. The van der Waals surface area contributed by atoms with Crippen molar-refractivity contribution in [3.8, 4) is 12.0 Å². The van der Waals surface area contributed by atoms with Crippen molar-refractivity contribution >= 4 is 6.16 Å². The van der Waals surface area contributed by atoms with Crippen LogP contribution in [0, 0.1) is 12.0 Å². The average molecular weight is 200 g/mol. The maximum atomic E-state index is 10.6. The Labute approximate surface area is 84.5 Å². The summed E-state index contributed by atoms with van der Waals surface area (Å²) in [6, 6.07) is 0. The number of carbonyl (C=O) groups is 1. The third-order valence-electron chi connectivity index (χ3n) is 1.27. The summed E-state index contributed by atoms with van der Waals surface area (Å²) < 4.78 is 14.0. The highest BCUT2D eigenvalue weighted by Crippen LogP contribution is 1.86. The van der Waals surface area contributed by atoms with E-state index in [9.17, 15) is 4.79 Å². The predicted octanol–water partition coefficient (Wildman–Crippen LogP) is 1.94. The van der Waals surface area contributed by atoms with Gasteiger partial charge in [0.2, 0.25) is 0 Å². The SMILES string of the molecule is CCCCOC#CCOC(=O)OCC. The summed E-state index contributed by atoms with van der Waals surface area (Å²) in [4.78, 5) is 10.6. The minimum absolute atomic E-state index is 0.00492. The molecule has 0 aliphatic carbocycles. The molecule has 80 valence electrons. The van der Waals surface area contributed by atoms with Crippen LogP contribution in [-0.4, -0.2) is 26.0 Å². The quantitative estimate of drug-likeness (QED) is 0.386. The van der Waals surface area contributed by atoms with Crippen LogP contribution in [-0.2, 0) is 14.2 Å². The first kappa shape index (κ1) is 12.6. The second-order valence-corrected chi connectivity index (χ2v) is 2.45. The van der Waals surface area contributed by atoms with Crippen LogP contribution < -0.4 is 0 Å². The summed E-state index contributed by atoms with van der Waals surface area (Å²) in [6.07, 6.45) is 3.79. The van der Waals surface area contributed by atoms with Crippen molar-refractivity contribution in [1.29, 1.82) is 0 Å². The average Bonchev–Trinajstić information content (AvgIpc) is 2.17. The van der Waals surface area contributed by atoms with Crippen LogP contribution in [0.1, 0.15) is 26.7 Å². The van der Waals surface area contributed by atoms with Gasteiger partial charge in [-0.2, -0.15) is 0 Å². The van der Waals surface area contributed by atoms with Gasteiger partial charge in [0, 0.05) is 0 Å². The Hall–Kier alpha value is -1.37. The van der Waals surface area contributed by atoms with Crippen LogP contribution in [0.3, 0.4) is 0 Å². The lowest BCUT2D eigenvalue weighted by Gasteiger charge is -1.98. The van der Waals surface area contributed by atoms with E-state index in [1.807, 2.05) is 0 Å². The zero-order valence-electron chi connectivity index (χ0n) is 8.67. The number of carbonyl (C=O) groups excluding carboxylic acids is 1. The molecule has 0 aromatic rings. The van der Waals surface area contributed by atoms with E-state index in [2.05, 4.69) is 28.4 Å². The maximum absolute atomic E-state index is 10.6. The molecule has 0 bridgehead atoms. The topological polar surface area (TPSA) is 44.8 Å². The molecule has 0 N–H and O–H groups in total. The van der Waals surface area contributed by atoms with E-state index in [-0.39, 0.29) is 6.61 Å². The molecule has 4 nitrogen and oxygen atoms in total. The molecular formula is C10H16O4. The van der Waals surface area contributed by atoms with Gasteiger partial charge < -0.3 is 14.2 Å². The fourth-order valence-electron chi connectivity index (χ4n) is 0.603. The molecule has 0 radical (unpaired) electrons. The van der Waals surface area contributed by atoms with Crippen molar-refractivity contribution in [3.63, 3.8) is 0 Å². The van der Waals surface area contributed by atoms with Crippen molar-refractivity contribution < 1.29 is 19.0 Å². The van der Waals surface area contributed by atoms with Crippen LogP contribution in [0.5, 0.6) is 0 Å². The van der Waals surface area contributed by atoms with Crippen molar-refractivity contribution in [1.82, 2.24) is 0 Å². The Morgan fingerprint density at radius 3 is 2.71 bits per heavy atom. The molecule has 0 aromatic carbocycles. The van der Waals surface area contributed by atoms with Crippen molar-refractivity contribution in [3.05, 3.63) is 0 Å². The van der Waals surface area contributed by atoms with Crippen LogP contribution in [0.25, 0.3) is 0 Å². The summed E-state index contributed by atoms with van der Waals surface area (Å²) >= 11 is 0. The smallest absolute Gasteiger partial charge is 0.447 e. The maximum Gasteiger partial charge on any atom is 0.509 e. The highest BCUT2D eigenvalue weighted by molar-refractivity contribution is 5.59. The third kappa shape index (κ3) is 8.72. The zero-order valence-corrected chi connectivity index (χ0v) is 8.67. The van der Waals surface area contributed by atoms with E-state index >= 15 is 0 Å². The highest BCUT2D eigenvalue weighted by atomic mass is 16.7. The van der Waals surface area contributed by atoms with Crippen LogP contribution in [0.2, 0.25) is 0 Å². The zero-order chi connectivity index (χ0) is 10.6. The predicted molar refractivity (Wildman–Crippen MR) is 51.6 cm³/mol. The molecule has 14 heavy (non-hydrogen) atoms. The standard InChI is InChI=1S/C10H16O4/c1-3-5-7-12-8-6-9-14-10(11)13-4-2/h3-5,7,9H2,1-2H3. The number of ether oxygens (including phenoxy) is 3. The molecule has 4 heteroatoms. The molecule has 0 amide bonds. The van der Waals surface area contributed by atoms with Crippen molar-refractivity contribution in [2.24, 2.45) is 0 Å². The molecule has 0 atom stereocenters.